The first-order valence-electron chi connectivity index (χ1n) is 9.86. The van der Waals surface area contributed by atoms with Gasteiger partial charge >= 0.3 is 6.01 Å². The van der Waals surface area contributed by atoms with E-state index in [1.54, 1.807) is 18.4 Å². The van der Waals surface area contributed by atoms with Gasteiger partial charge in [0.1, 0.15) is 24.4 Å². The summed E-state index contributed by atoms with van der Waals surface area (Å²) in [6.07, 6.45) is 1.12. The maximum Gasteiger partial charge on any atom is 0.320 e. The molecule has 11 nitrogen and oxygen atoms in total. The number of nitrogens with zero attached hydrogens (tertiary/aromatic N) is 4. The molecule has 4 N–H and O–H groups in total. The highest BCUT2D eigenvalue weighted by Crippen LogP contribution is 2.44. The molecule has 3 fully saturated rings. The van der Waals surface area contributed by atoms with Gasteiger partial charge in [-0.2, -0.15) is 9.97 Å². The zero-order valence-corrected chi connectivity index (χ0v) is 16.3. The van der Waals surface area contributed by atoms with E-state index in [0.29, 0.717) is 11.2 Å². The molecular weight excluding hydrogens is 382 g/mol. The summed E-state index contributed by atoms with van der Waals surface area (Å²) in [5, 5.41) is 19.5. The molecule has 1 aliphatic carbocycles. The highest BCUT2D eigenvalue weighted by Gasteiger charge is 2.58. The van der Waals surface area contributed by atoms with E-state index >= 15 is 0 Å². The summed E-state index contributed by atoms with van der Waals surface area (Å²) in [4.78, 5) is 13.1. The standard InChI is InChI=1S/C18H25N5O6/c1-18(2)28-10-11(29-18)15(27-12(10)16(24)25)23-7-20-9-13(19)21-17(22-14(9)23)26-8-5-3-4-6-8/h7-8,10-12,15-16,24-25H,3-6H2,1-2H3,(H2,19,21,22)/t10-,11-,12+,15-/m1/s1. The average Bonchev–Trinajstić information content (AvgIpc) is 3.38. The van der Waals surface area contributed by atoms with Crippen molar-refractivity contribution >= 4 is 17.0 Å². The number of aliphatic hydroxyl groups excluding tert-OH is 1. The molecule has 4 atom stereocenters. The molecule has 3 aliphatic rings. The topological polar surface area (TPSA) is 147 Å². The van der Waals surface area contributed by atoms with Gasteiger partial charge in [0.25, 0.3) is 0 Å². The van der Waals surface area contributed by atoms with Gasteiger partial charge in [0.2, 0.25) is 0 Å². The van der Waals surface area contributed by atoms with Crippen LogP contribution in [-0.2, 0) is 14.2 Å². The van der Waals surface area contributed by atoms with Crippen LogP contribution >= 0.6 is 0 Å². The number of ether oxygens (including phenoxy) is 4. The van der Waals surface area contributed by atoms with Crippen LogP contribution in [0.1, 0.15) is 45.8 Å². The molecule has 2 aliphatic heterocycles. The van der Waals surface area contributed by atoms with Crippen molar-refractivity contribution in [1.29, 1.82) is 0 Å². The van der Waals surface area contributed by atoms with Crippen molar-refractivity contribution in [2.75, 3.05) is 5.73 Å². The maximum absolute atomic E-state index is 9.75. The maximum atomic E-state index is 9.75. The van der Waals surface area contributed by atoms with Gasteiger partial charge in [-0.15, -0.1) is 0 Å². The molecule has 1 saturated carbocycles. The molecule has 29 heavy (non-hydrogen) atoms. The van der Waals surface area contributed by atoms with E-state index in [1.165, 1.54) is 6.33 Å². The smallest absolute Gasteiger partial charge is 0.320 e. The van der Waals surface area contributed by atoms with Gasteiger partial charge in [-0.1, -0.05) is 0 Å². The van der Waals surface area contributed by atoms with Gasteiger partial charge < -0.3 is 34.9 Å². The van der Waals surface area contributed by atoms with Crippen molar-refractivity contribution in [2.45, 2.75) is 82.3 Å². The number of nitrogens with two attached hydrogens (primary N) is 1. The predicted octanol–water partition coefficient (Wildman–Crippen LogP) is 0.458. The first-order valence-corrected chi connectivity index (χ1v) is 9.86. The van der Waals surface area contributed by atoms with Crippen LogP contribution in [0.3, 0.4) is 0 Å². The lowest BCUT2D eigenvalue weighted by Crippen LogP contribution is -2.38. The largest absolute Gasteiger partial charge is 0.460 e. The predicted molar refractivity (Wildman–Crippen MR) is 98.6 cm³/mol. The summed E-state index contributed by atoms with van der Waals surface area (Å²) in [6.45, 7) is 3.53. The van der Waals surface area contributed by atoms with Crippen molar-refractivity contribution in [1.82, 2.24) is 19.5 Å². The lowest BCUT2D eigenvalue weighted by Gasteiger charge is -2.25. The second kappa shape index (κ2) is 6.74. The van der Waals surface area contributed by atoms with E-state index in [9.17, 15) is 10.2 Å². The zero-order valence-electron chi connectivity index (χ0n) is 16.3. The minimum atomic E-state index is -1.72. The third-order valence-corrected chi connectivity index (χ3v) is 5.64. The fourth-order valence-corrected chi connectivity index (χ4v) is 4.38. The third kappa shape index (κ3) is 3.22. The van der Waals surface area contributed by atoms with E-state index in [0.717, 1.165) is 25.7 Å². The second-order valence-corrected chi connectivity index (χ2v) is 8.21. The van der Waals surface area contributed by atoms with Crippen molar-refractivity contribution < 1.29 is 29.2 Å². The summed E-state index contributed by atoms with van der Waals surface area (Å²) in [5.41, 5.74) is 6.92. The zero-order chi connectivity index (χ0) is 20.3. The number of nitrogen functional groups attached to an aromatic ring is 1. The number of aliphatic hydroxyl groups is 2. The summed E-state index contributed by atoms with van der Waals surface area (Å²) < 4.78 is 25.3. The van der Waals surface area contributed by atoms with Crippen molar-refractivity contribution in [3.05, 3.63) is 6.33 Å². The Morgan fingerprint density at radius 3 is 2.66 bits per heavy atom. The Morgan fingerprint density at radius 2 is 1.93 bits per heavy atom. The van der Waals surface area contributed by atoms with Crippen molar-refractivity contribution in [3.8, 4) is 6.01 Å². The molecular formula is C18H25N5O6. The van der Waals surface area contributed by atoms with Crippen LogP contribution < -0.4 is 10.5 Å². The molecule has 0 radical (unpaired) electrons. The van der Waals surface area contributed by atoms with Crippen LogP contribution in [0.4, 0.5) is 5.82 Å². The highest BCUT2D eigenvalue weighted by molar-refractivity contribution is 5.82. The van der Waals surface area contributed by atoms with Crippen molar-refractivity contribution in [3.63, 3.8) is 0 Å². The highest BCUT2D eigenvalue weighted by atomic mass is 16.8. The van der Waals surface area contributed by atoms with E-state index in [4.69, 9.17) is 24.7 Å². The van der Waals surface area contributed by atoms with Crippen LogP contribution in [0.25, 0.3) is 11.2 Å². The Hall–Kier alpha value is -2.05. The van der Waals surface area contributed by atoms with Crippen LogP contribution in [-0.4, -0.2) is 66.2 Å². The molecule has 0 spiro atoms. The molecule has 158 valence electrons. The molecule has 0 amide bonds. The molecule has 0 bridgehead atoms. The number of imidazole rings is 1. The third-order valence-electron chi connectivity index (χ3n) is 5.64. The number of aromatic nitrogens is 4. The van der Waals surface area contributed by atoms with E-state index < -0.39 is 36.6 Å². The van der Waals surface area contributed by atoms with Gasteiger partial charge in [0.05, 0.1) is 6.33 Å². The van der Waals surface area contributed by atoms with E-state index in [2.05, 4.69) is 15.0 Å². The quantitative estimate of drug-likeness (QED) is 0.611. The molecule has 2 aromatic heterocycles. The Morgan fingerprint density at radius 1 is 1.21 bits per heavy atom. The lowest BCUT2D eigenvalue weighted by atomic mass is 10.1. The Kier molecular flexibility index (Phi) is 4.40. The molecule has 4 heterocycles. The first kappa shape index (κ1) is 18.9. The van der Waals surface area contributed by atoms with Gasteiger partial charge in [-0.25, -0.2) is 4.98 Å². The summed E-state index contributed by atoms with van der Waals surface area (Å²) in [5.74, 6) is -0.676. The van der Waals surface area contributed by atoms with Gasteiger partial charge in [-0.05, 0) is 39.5 Å². The molecule has 0 unspecified atom stereocenters. The lowest BCUT2D eigenvalue weighted by molar-refractivity contribution is -0.229. The molecule has 2 aromatic rings. The van der Waals surface area contributed by atoms with Crippen LogP contribution in [0.2, 0.25) is 0 Å². The van der Waals surface area contributed by atoms with Crippen LogP contribution in [0.5, 0.6) is 6.01 Å². The first-order chi connectivity index (χ1) is 13.8. The fraction of sp³-hybridized carbons (Fsp3) is 0.722. The average molecular weight is 407 g/mol. The van der Waals surface area contributed by atoms with Gasteiger partial charge in [0.15, 0.2) is 35.3 Å². The Labute approximate surface area is 166 Å². The number of anilines is 1. The molecule has 11 heteroatoms. The van der Waals surface area contributed by atoms with Crippen LogP contribution in [0, 0.1) is 0 Å². The minimum absolute atomic E-state index is 0.0802. The summed E-state index contributed by atoms with van der Waals surface area (Å²) in [6, 6.07) is 0.195. The van der Waals surface area contributed by atoms with E-state index in [-0.39, 0.29) is 17.9 Å². The molecule has 0 aromatic carbocycles. The monoisotopic (exact) mass is 407 g/mol. The minimum Gasteiger partial charge on any atom is -0.460 e. The normalized spacial score (nSPS) is 31.8. The van der Waals surface area contributed by atoms with E-state index in [1.807, 2.05) is 0 Å². The van der Waals surface area contributed by atoms with Gasteiger partial charge in [-0.3, -0.25) is 4.57 Å². The number of hydrogen-bond acceptors (Lipinski definition) is 10. The summed E-state index contributed by atoms with van der Waals surface area (Å²) >= 11 is 0. The molecule has 2 saturated heterocycles. The SMILES string of the molecule is CC1(C)O[C@@H]2[C@@H](O1)[C@H](n1cnc3c(N)nc(OC4CCCC4)nc31)O[C@@H]2C(O)O. The number of fused-ring (bicyclic) bond motifs is 2. The number of rotatable bonds is 4. The second-order valence-electron chi connectivity index (χ2n) is 8.21. The van der Waals surface area contributed by atoms with Crippen molar-refractivity contribution in [2.24, 2.45) is 0 Å². The Balaban J connectivity index is 1.51. The fourth-order valence-electron chi connectivity index (χ4n) is 4.38. The molecule has 5 rings (SSSR count). The summed E-state index contributed by atoms with van der Waals surface area (Å²) in [7, 11) is 0. The van der Waals surface area contributed by atoms with Gasteiger partial charge in [0, 0.05) is 0 Å². The Bertz CT molecular complexity index is 912. The van der Waals surface area contributed by atoms with Crippen LogP contribution in [0.15, 0.2) is 6.33 Å². The number of hydrogen-bond donors (Lipinski definition) is 3.